The van der Waals surface area contributed by atoms with Gasteiger partial charge in [-0.25, -0.2) is 0 Å². The molecular formula is C16H25BClLiO2. The summed E-state index contributed by atoms with van der Waals surface area (Å²) >= 11 is 6.02. The Morgan fingerprint density at radius 1 is 0.905 bits per heavy atom. The SMILES string of the molecule is CC(C)(C)[B-]1(c2ccc(Cl)cc2)OC(C)(C)C(C)(C)O1.[Li+]. The summed E-state index contributed by atoms with van der Waals surface area (Å²) in [7, 11) is 0. The fourth-order valence-corrected chi connectivity index (χ4v) is 2.97. The summed E-state index contributed by atoms with van der Waals surface area (Å²) in [6.07, 6.45) is 0. The Kier molecular flexibility index (Phi) is 5.12. The van der Waals surface area contributed by atoms with Gasteiger partial charge in [0, 0.05) is 16.2 Å². The Labute approximate surface area is 146 Å². The summed E-state index contributed by atoms with van der Waals surface area (Å²) in [5.74, 6) is 0. The van der Waals surface area contributed by atoms with Crippen LogP contribution in [0.3, 0.4) is 0 Å². The van der Waals surface area contributed by atoms with Gasteiger partial charge in [-0.3, -0.25) is 0 Å². The maximum Gasteiger partial charge on any atom is 1.00 e. The first-order valence-corrected chi connectivity index (χ1v) is 7.60. The average Bonchev–Trinajstić information content (AvgIpc) is 2.46. The van der Waals surface area contributed by atoms with Crippen LogP contribution in [0, 0.1) is 0 Å². The molecule has 0 aromatic heterocycles. The molecule has 1 aliphatic rings. The summed E-state index contributed by atoms with van der Waals surface area (Å²) in [4.78, 5) is 0. The van der Waals surface area contributed by atoms with Gasteiger partial charge >= 0.3 is 18.9 Å². The third-order valence-corrected chi connectivity index (χ3v) is 5.07. The number of rotatable bonds is 1. The van der Waals surface area contributed by atoms with Crippen LogP contribution in [0.2, 0.25) is 10.3 Å². The minimum atomic E-state index is -1.58. The fraction of sp³-hybridized carbons (Fsp3) is 0.625. The molecule has 5 heteroatoms. The van der Waals surface area contributed by atoms with Gasteiger partial charge in [0.05, 0.1) is 0 Å². The molecule has 2 rings (SSSR count). The third kappa shape index (κ3) is 3.10. The summed E-state index contributed by atoms with van der Waals surface area (Å²) in [5.41, 5.74) is 0.375. The van der Waals surface area contributed by atoms with Crippen LogP contribution in [0.5, 0.6) is 0 Å². The van der Waals surface area contributed by atoms with Gasteiger partial charge in [0.15, 0.2) is 0 Å². The van der Waals surface area contributed by atoms with Crippen molar-refractivity contribution < 1.29 is 28.2 Å². The summed E-state index contributed by atoms with van der Waals surface area (Å²) < 4.78 is 13.1. The molecule has 0 unspecified atom stereocenters. The van der Waals surface area contributed by atoms with E-state index in [-0.39, 0.29) is 35.4 Å². The standard InChI is InChI=1S/C16H25BClO2.Li/c1-14(2,3)17(12-8-10-13(18)11-9-12)19-15(4,5)16(6,7)20-17;/h8-11H,1-7H3;/q-1;+1. The van der Waals surface area contributed by atoms with E-state index in [4.69, 9.17) is 20.9 Å². The van der Waals surface area contributed by atoms with Crippen LogP contribution in [-0.4, -0.2) is 17.8 Å². The fourth-order valence-electron chi connectivity index (χ4n) is 2.84. The van der Waals surface area contributed by atoms with Crippen molar-refractivity contribution in [2.24, 2.45) is 0 Å². The van der Waals surface area contributed by atoms with Crippen molar-refractivity contribution in [2.75, 3.05) is 0 Å². The molecule has 0 bridgehead atoms. The monoisotopic (exact) mass is 302 g/mol. The average molecular weight is 303 g/mol. The second-order valence-electron chi connectivity index (χ2n) is 7.89. The Morgan fingerprint density at radius 3 is 1.62 bits per heavy atom. The van der Waals surface area contributed by atoms with Crippen LogP contribution in [0.15, 0.2) is 24.3 Å². The molecule has 1 aromatic rings. The van der Waals surface area contributed by atoms with Gasteiger partial charge in [-0.1, -0.05) is 44.5 Å². The molecule has 2 nitrogen and oxygen atoms in total. The molecule has 0 radical (unpaired) electrons. The first kappa shape index (κ1) is 19.1. The zero-order valence-electron chi connectivity index (χ0n) is 14.6. The number of hydrogen-bond acceptors (Lipinski definition) is 2. The molecule has 0 saturated carbocycles. The van der Waals surface area contributed by atoms with Crippen molar-refractivity contribution in [3.63, 3.8) is 0 Å². The zero-order valence-corrected chi connectivity index (χ0v) is 15.3. The summed E-state index contributed by atoms with van der Waals surface area (Å²) in [6, 6.07) is 7.84. The van der Waals surface area contributed by atoms with Crippen molar-refractivity contribution in [3.05, 3.63) is 29.3 Å². The molecule has 0 atom stereocenters. The molecule has 0 aliphatic carbocycles. The van der Waals surface area contributed by atoms with E-state index < -0.39 is 6.55 Å². The van der Waals surface area contributed by atoms with E-state index in [0.717, 1.165) is 10.5 Å². The molecule has 21 heavy (non-hydrogen) atoms. The van der Waals surface area contributed by atoms with E-state index in [9.17, 15) is 0 Å². The number of halogens is 1. The first-order chi connectivity index (χ1) is 8.91. The van der Waals surface area contributed by atoms with Crippen molar-refractivity contribution >= 4 is 23.6 Å². The van der Waals surface area contributed by atoms with Crippen LogP contribution >= 0.6 is 11.6 Å². The maximum absolute atomic E-state index is 6.54. The quantitative estimate of drug-likeness (QED) is 0.730. The molecule has 0 N–H and O–H groups in total. The van der Waals surface area contributed by atoms with Gasteiger partial charge < -0.3 is 9.31 Å². The van der Waals surface area contributed by atoms with E-state index in [1.54, 1.807) is 0 Å². The predicted molar refractivity (Wildman–Crippen MR) is 86.9 cm³/mol. The number of benzene rings is 1. The third-order valence-electron chi connectivity index (χ3n) is 4.82. The smallest absolute Gasteiger partial charge is 0.558 e. The molecule has 1 saturated heterocycles. The van der Waals surface area contributed by atoms with Gasteiger partial charge in [0.1, 0.15) is 0 Å². The van der Waals surface area contributed by atoms with Crippen molar-refractivity contribution in [3.8, 4) is 0 Å². The minimum Gasteiger partial charge on any atom is -0.558 e. The maximum atomic E-state index is 6.54. The summed E-state index contributed by atoms with van der Waals surface area (Å²) in [5, 5.41) is 0.587. The minimum absolute atomic E-state index is 0. The van der Waals surface area contributed by atoms with E-state index >= 15 is 0 Å². The van der Waals surface area contributed by atoms with E-state index in [0.29, 0.717) is 0 Å². The Bertz CT molecular complexity index is 490. The van der Waals surface area contributed by atoms with E-state index in [2.05, 4.69) is 48.5 Å². The van der Waals surface area contributed by atoms with Crippen LogP contribution in [-0.2, 0) is 9.31 Å². The Balaban J connectivity index is 0.00000220. The van der Waals surface area contributed by atoms with Crippen molar-refractivity contribution in [2.45, 2.75) is 65.0 Å². The van der Waals surface area contributed by atoms with E-state index in [1.807, 2.05) is 24.3 Å². The second kappa shape index (κ2) is 5.62. The zero-order chi connectivity index (χ0) is 15.4. The van der Waals surface area contributed by atoms with Gasteiger partial charge in [0.2, 0.25) is 0 Å². The molecule has 0 amide bonds. The molecule has 0 spiro atoms. The molecule has 1 aliphatic heterocycles. The molecular weight excluding hydrogens is 277 g/mol. The Morgan fingerprint density at radius 2 is 1.29 bits per heavy atom. The van der Waals surface area contributed by atoms with Gasteiger partial charge in [-0.15, -0.1) is 5.31 Å². The van der Waals surface area contributed by atoms with Crippen LogP contribution < -0.4 is 24.3 Å². The molecule has 1 fully saturated rings. The summed E-state index contributed by atoms with van der Waals surface area (Å²) in [6.45, 7) is 13.3. The van der Waals surface area contributed by atoms with Crippen molar-refractivity contribution in [1.82, 2.24) is 0 Å². The largest absolute Gasteiger partial charge is 1.00 e. The van der Waals surface area contributed by atoms with Crippen LogP contribution in [0.1, 0.15) is 48.5 Å². The molecule has 112 valence electrons. The number of hydrogen-bond donors (Lipinski definition) is 0. The second-order valence-corrected chi connectivity index (χ2v) is 8.32. The van der Waals surface area contributed by atoms with E-state index in [1.165, 1.54) is 0 Å². The van der Waals surface area contributed by atoms with Gasteiger partial charge in [-0.05, 0) is 39.8 Å². The Hall–Kier alpha value is 0.0923. The van der Waals surface area contributed by atoms with Crippen molar-refractivity contribution in [1.29, 1.82) is 0 Å². The van der Waals surface area contributed by atoms with Crippen LogP contribution in [0.25, 0.3) is 0 Å². The van der Waals surface area contributed by atoms with Crippen LogP contribution in [0.4, 0.5) is 0 Å². The normalized spacial score (nSPS) is 22.7. The van der Waals surface area contributed by atoms with Gasteiger partial charge in [-0.2, -0.15) is 5.46 Å². The predicted octanol–water partition coefficient (Wildman–Crippen LogP) is 1.40. The van der Waals surface area contributed by atoms with Gasteiger partial charge in [0.25, 0.3) is 6.55 Å². The first-order valence-electron chi connectivity index (χ1n) is 7.22. The topological polar surface area (TPSA) is 18.5 Å². The molecule has 1 heterocycles. The molecule has 1 aromatic carbocycles.